The summed E-state index contributed by atoms with van der Waals surface area (Å²) in [5.41, 5.74) is -0.402. The second-order valence-electron chi connectivity index (χ2n) is 3.57. The van der Waals surface area contributed by atoms with E-state index in [2.05, 4.69) is 11.3 Å². The molecule has 0 aliphatic heterocycles. The van der Waals surface area contributed by atoms with E-state index < -0.39 is 17.7 Å². The van der Waals surface area contributed by atoms with E-state index >= 15 is 0 Å². The van der Waals surface area contributed by atoms with Crippen LogP contribution in [0.2, 0.25) is 0 Å². The molecule has 14 heavy (non-hydrogen) atoms. The molecule has 0 unspecified atom stereocenters. The van der Waals surface area contributed by atoms with Gasteiger partial charge < -0.3 is 14.9 Å². The Morgan fingerprint density at radius 3 is 1.50 bits per heavy atom. The molecule has 2 N–H and O–H groups in total. The third-order valence-corrected chi connectivity index (χ3v) is 0.759. The summed E-state index contributed by atoms with van der Waals surface area (Å²) in [4.78, 5) is 19.4. The minimum absolute atomic E-state index is 0.176. The van der Waals surface area contributed by atoms with Crippen LogP contribution in [0.25, 0.3) is 0 Å². The second-order valence-corrected chi connectivity index (χ2v) is 3.57. The largest absolute Gasteiger partial charge is 0.506 e. The molecule has 0 aliphatic rings. The molecule has 0 rings (SSSR count). The van der Waals surface area contributed by atoms with Crippen molar-refractivity contribution in [3.8, 4) is 0 Å². The van der Waals surface area contributed by atoms with E-state index in [0.29, 0.717) is 0 Å². The van der Waals surface area contributed by atoms with E-state index in [-0.39, 0.29) is 5.57 Å². The van der Waals surface area contributed by atoms with Crippen molar-refractivity contribution in [3.05, 3.63) is 12.2 Å². The lowest BCUT2D eigenvalue weighted by Gasteiger charge is -2.15. The minimum atomic E-state index is -1.22. The average molecular weight is 204 g/mol. The van der Waals surface area contributed by atoms with E-state index in [4.69, 9.17) is 10.2 Å². The van der Waals surface area contributed by atoms with Gasteiger partial charge in [-0.3, -0.25) is 0 Å². The van der Waals surface area contributed by atoms with Crippen LogP contribution in [-0.2, 0) is 9.53 Å². The lowest BCUT2D eigenvalue weighted by molar-refractivity contribution is -0.132. The third-order valence-electron chi connectivity index (χ3n) is 0.759. The Morgan fingerprint density at radius 2 is 1.50 bits per heavy atom. The highest BCUT2D eigenvalue weighted by atomic mass is 16.7. The van der Waals surface area contributed by atoms with Crippen molar-refractivity contribution in [2.75, 3.05) is 0 Å². The molecule has 0 fully saturated rings. The zero-order valence-electron chi connectivity index (χ0n) is 8.83. The van der Waals surface area contributed by atoms with E-state index in [1.54, 1.807) is 20.8 Å². The summed E-state index contributed by atoms with van der Waals surface area (Å²) < 4.78 is 4.35. The monoisotopic (exact) mass is 204 g/mol. The van der Waals surface area contributed by atoms with Crippen molar-refractivity contribution in [1.82, 2.24) is 0 Å². The van der Waals surface area contributed by atoms with Gasteiger partial charge in [0.05, 0.1) is 0 Å². The molecule has 0 aromatic heterocycles. The van der Waals surface area contributed by atoms with Crippen LogP contribution in [0.3, 0.4) is 0 Å². The fourth-order valence-corrected chi connectivity index (χ4v) is 0.262. The zero-order valence-corrected chi connectivity index (χ0v) is 8.83. The molecule has 0 aromatic rings. The summed E-state index contributed by atoms with van der Waals surface area (Å²) >= 11 is 0. The molecule has 0 atom stereocenters. The number of aliphatic carboxylic acids is 1. The Balaban J connectivity index is 0. The number of rotatable bonds is 1. The maximum atomic E-state index is 9.79. The van der Waals surface area contributed by atoms with E-state index in [9.17, 15) is 9.59 Å². The predicted octanol–water partition coefficient (Wildman–Crippen LogP) is 2.13. The van der Waals surface area contributed by atoms with Crippen LogP contribution >= 0.6 is 0 Å². The number of hydrogen-bond donors (Lipinski definition) is 2. The van der Waals surface area contributed by atoms with Crippen molar-refractivity contribution in [2.45, 2.75) is 33.3 Å². The van der Waals surface area contributed by atoms with Gasteiger partial charge in [0.1, 0.15) is 5.60 Å². The highest BCUT2D eigenvalue weighted by Gasteiger charge is 2.13. The smallest absolute Gasteiger partial charge is 0.478 e. The van der Waals surface area contributed by atoms with Gasteiger partial charge in [0.2, 0.25) is 0 Å². The summed E-state index contributed by atoms with van der Waals surface area (Å²) in [7, 11) is 0. The average Bonchev–Trinajstić information content (AvgIpc) is 1.81. The van der Waals surface area contributed by atoms with E-state index in [0.717, 1.165) is 0 Å². The third kappa shape index (κ3) is 16.8. The quantitative estimate of drug-likeness (QED) is 0.505. The van der Waals surface area contributed by atoms with Crippen LogP contribution in [0.15, 0.2) is 12.2 Å². The number of carboxylic acid groups (broad SMARTS) is 2. The molecular weight excluding hydrogens is 188 g/mol. The number of ether oxygens (including phenoxy) is 1. The first-order chi connectivity index (χ1) is 6.06. The summed E-state index contributed by atoms with van der Waals surface area (Å²) in [6, 6.07) is 0. The van der Waals surface area contributed by atoms with Crippen molar-refractivity contribution in [3.63, 3.8) is 0 Å². The normalized spacial score (nSPS) is 9.43. The molecular formula is C9H16O5. The molecule has 0 aliphatic carbocycles. The van der Waals surface area contributed by atoms with Gasteiger partial charge in [-0.1, -0.05) is 6.58 Å². The van der Waals surface area contributed by atoms with Gasteiger partial charge in [0.25, 0.3) is 0 Å². The molecule has 0 saturated carbocycles. The van der Waals surface area contributed by atoms with Gasteiger partial charge >= 0.3 is 12.1 Å². The summed E-state index contributed by atoms with van der Waals surface area (Å²) in [5.74, 6) is -0.935. The predicted molar refractivity (Wildman–Crippen MR) is 51.3 cm³/mol. The Morgan fingerprint density at radius 1 is 1.21 bits per heavy atom. The van der Waals surface area contributed by atoms with Gasteiger partial charge in [-0.15, -0.1) is 0 Å². The van der Waals surface area contributed by atoms with Gasteiger partial charge in [-0.25, -0.2) is 9.59 Å². The van der Waals surface area contributed by atoms with Crippen LogP contribution < -0.4 is 0 Å². The Labute approximate surface area is 83.0 Å². The van der Waals surface area contributed by atoms with Crippen molar-refractivity contribution >= 4 is 12.1 Å². The highest BCUT2D eigenvalue weighted by molar-refractivity contribution is 5.84. The van der Waals surface area contributed by atoms with Gasteiger partial charge in [0.15, 0.2) is 0 Å². The van der Waals surface area contributed by atoms with Crippen LogP contribution in [0, 0.1) is 0 Å². The Hall–Kier alpha value is -1.52. The number of hydrogen-bond acceptors (Lipinski definition) is 3. The van der Waals surface area contributed by atoms with Crippen LogP contribution in [0.1, 0.15) is 27.7 Å². The minimum Gasteiger partial charge on any atom is -0.478 e. The lowest BCUT2D eigenvalue weighted by atomic mass is 10.2. The van der Waals surface area contributed by atoms with Crippen molar-refractivity contribution in [2.24, 2.45) is 0 Å². The van der Waals surface area contributed by atoms with Crippen molar-refractivity contribution < 1.29 is 24.5 Å². The Bertz CT molecular complexity index is 212. The standard InChI is InChI=1S/C5H10O3.C4H6O2/c1-5(2,3)8-4(6)7;1-3(2)4(5)6/h1-3H3,(H,6,7);1H2,2H3,(H,5,6). The number of carbonyl (C=O) groups is 2. The summed E-state index contributed by atoms with van der Waals surface area (Å²) in [6.07, 6.45) is -1.22. The fourth-order valence-electron chi connectivity index (χ4n) is 0.262. The number of carboxylic acids is 1. The molecule has 0 radical (unpaired) electrons. The zero-order chi connectivity index (χ0) is 11.9. The maximum Gasteiger partial charge on any atom is 0.506 e. The van der Waals surface area contributed by atoms with E-state index in [1.807, 2.05) is 0 Å². The maximum absolute atomic E-state index is 9.79. The lowest BCUT2D eigenvalue weighted by Crippen LogP contribution is -2.22. The molecule has 82 valence electrons. The topological polar surface area (TPSA) is 83.8 Å². The van der Waals surface area contributed by atoms with Gasteiger partial charge in [0, 0.05) is 5.57 Å². The Kier molecular flexibility index (Phi) is 6.43. The fraction of sp³-hybridized carbons (Fsp3) is 0.556. The van der Waals surface area contributed by atoms with Crippen molar-refractivity contribution in [1.29, 1.82) is 0 Å². The molecule has 0 saturated heterocycles. The molecule has 0 amide bonds. The second kappa shape index (κ2) is 6.01. The van der Waals surface area contributed by atoms with Crippen LogP contribution in [0.5, 0.6) is 0 Å². The summed E-state index contributed by atoms with van der Waals surface area (Å²) in [6.45, 7) is 9.65. The van der Waals surface area contributed by atoms with Gasteiger partial charge in [-0.2, -0.15) is 0 Å². The first-order valence-electron chi connectivity index (χ1n) is 3.87. The molecule has 0 bridgehead atoms. The first kappa shape index (κ1) is 15.0. The molecule has 0 spiro atoms. The van der Waals surface area contributed by atoms with Gasteiger partial charge in [-0.05, 0) is 27.7 Å². The highest BCUT2D eigenvalue weighted by Crippen LogP contribution is 2.05. The summed E-state index contributed by atoms with van der Waals surface area (Å²) in [5, 5.41) is 15.9. The van der Waals surface area contributed by atoms with Crippen LogP contribution in [-0.4, -0.2) is 27.9 Å². The molecule has 0 heterocycles. The van der Waals surface area contributed by atoms with Crippen LogP contribution in [0.4, 0.5) is 4.79 Å². The SMILES string of the molecule is C=C(C)C(=O)O.CC(C)(C)OC(=O)O. The molecule has 0 aromatic carbocycles. The first-order valence-corrected chi connectivity index (χ1v) is 3.87. The molecule has 5 nitrogen and oxygen atoms in total. The molecule has 5 heteroatoms. The van der Waals surface area contributed by atoms with E-state index in [1.165, 1.54) is 6.92 Å².